The van der Waals surface area contributed by atoms with Crippen molar-refractivity contribution in [1.82, 2.24) is 5.32 Å². The third kappa shape index (κ3) is 20.8. The van der Waals surface area contributed by atoms with Crippen molar-refractivity contribution in [2.75, 3.05) is 13.1 Å². The molecule has 0 rings (SSSR count). The lowest BCUT2D eigenvalue weighted by atomic mass is 10.0. The molecular weight excluding hydrogens is 324 g/mol. The summed E-state index contributed by atoms with van der Waals surface area (Å²) in [6.45, 7) is 3.69. The van der Waals surface area contributed by atoms with Crippen LogP contribution in [-0.2, 0) is 4.79 Å². The van der Waals surface area contributed by atoms with Crippen molar-refractivity contribution in [2.24, 2.45) is 16.5 Å². The van der Waals surface area contributed by atoms with Crippen molar-refractivity contribution in [3.63, 3.8) is 0 Å². The molecule has 0 bridgehead atoms. The number of nitrogens with one attached hydrogen (secondary N) is 1. The number of nitrogens with zero attached hydrogens (tertiary/aromatic N) is 1. The number of amides is 1. The molecule has 0 saturated heterocycles. The van der Waals surface area contributed by atoms with E-state index in [1.54, 1.807) is 0 Å². The fourth-order valence-corrected chi connectivity index (χ4v) is 3.06. The number of hydrogen-bond acceptors (Lipinski definition) is 2. The molecule has 0 atom stereocenters. The van der Waals surface area contributed by atoms with Crippen molar-refractivity contribution < 1.29 is 4.79 Å². The van der Waals surface area contributed by atoms with Gasteiger partial charge in [-0.05, 0) is 19.3 Å². The van der Waals surface area contributed by atoms with Crippen molar-refractivity contribution in [3.8, 4) is 0 Å². The van der Waals surface area contributed by atoms with Gasteiger partial charge in [-0.25, -0.2) is 0 Å². The Labute approximate surface area is 161 Å². The summed E-state index contributed by atoms with van der Waals surface area (Å²) in [4.78, 5) is 15.6. The molecule has 0 fully saturated rings. The second kappa shape index (κ2) is 20.1. The summed E-state index contributed by atoms with van der Waals surface area (Å²) in [5.41, 5.74) is 10.5. The number of hydrogen-bond donors (Lipinski definition) is 3. The first kappa shape index (κ1) is 24.7. The Morgan fingerprint density at radius 2 is 1.23 bits per heavy atom. The van der Waals surface area contributed by atoms with E-state index in [2.05, 4.69) is 17.2 Å². The van der Waals surface area contributed by atoms with E-state index in [-0.39, 0.29) is 11.9 Å². The van der Waals surface area contributed by atoms with Crippen LogP contribution < -0.4 is 16.8 Å². The van der Waals surface area contributed by atoms with Gasteiger partial charge in [0.25, 0.3) is 0 Å². The van der Waals surface area contributed by atoms with Crippen LogP contribution in [0.2, 0.25) is 0 Å². The topological polar surface area (TPSA) is 93.5 Å². The summed E-state index contributed by atoms with van der Waals surface area (Å²) in [6, 6.07) is 0. The van der Waals surface area contributed by atoms with Crippen molar-refractivity contribution in [1.29, 1.82) is 0 Å². The molecule has 0 aromatic carbocycles. The molecule has 0 spiro atoms. The van der Waals surface area contributed by atoms with Crippen molar-refractivity contribution in [3.05, 3.63) is 0 Å². The highest BCUT2D eigenvalue weighted by Crippen LogP contribution is 2.12. The van der Waals surface area contributed by atoms with Gasteiger partial charge in [0.2, 0.25) is 5.91 Å². The highest BCUT2D eigenvalue weighted by atomic mass is 16.1. The fraction of sp³-hybridized carbons (Fsp3) is 0.905. The van der Waals surface area contributed by atoms with Crippen molar-refractivity contribution in [2.45, 2.75) is 110 Å². The maximum atomic E-state index is 11.7. The van der Waals surface area contributed by atoms with E-state index in [0.717, 1.165) is 25.8 Å². The Kier molecular flexibility index (Phi) is 19.1. The molecule has 0 radical (unpaired) electrons. The number of aliphatic imine (C=N–C) groups is 1. The van der Waals surface area contributed by atoms with Crippen LogP contribution in [-0.4, -0.2) is 25.0 Å². The highest BCUT2D eigenvalue weighted by Gasteiger charge is 2.00. The molecule has 5 heteroatoms. The van der Waals surface area contributed by atoms with E-state index in [9.17, 15) is 4.79 Å². The average molecular weight is 369 g/mol. The van der Waals surface area contributed by atoms with Crippen molar-refractivity contribution >= 4 is 11.9 Å². The van der Waals surface area contributed by atoms with Gasteiger partial charge in [0.1, 0.15) is 0 Å². The van der Waals surface area contributed by atoms with Gasteiger partial charge in [0.15, 0.2) is 5.96 Å². The number of rotatable bonds is 19. The predicted octanol–water partition coefficient (Wildman–Crippen LogP) is 4.64. The van der Waals surface area contributed by atoms with Crippen LogP contribution in [0.3, 0.4) is 0 Å². The largest absolute Gasteiger partial charge is 0.370 e. The van der Waals surface area contributed by atoms with Gasteiger partial charge in [-0.15, -0.1) is 0 Å². The first-order chi connectivity index (χ1) is 12.7. The molecule has 0 aliphatic rings. The van der Waals surface area contributed by atoms with Crippen LogP contribution in [0.25, 0.3) is 0 Å². The minimum absolute atomic E-state index is 0.122. The van der Waals surface area contributed by atoms with E-state index in [1.807, 2.05) is 0 Å². The van der Waals surface area contributed by atoms with Crippen LogP contribution >= 0.6 is 0 Å². The molecule has 1 amide bonds. The van der Waals surface area contributed by atoms with Gasteiger partial charge in [-0.1, -0.05) is 84.0 Å². The van der Waals surface area contributed by atoms with Gasteiger partial charge >= 0.3 is 0 Å². The second-order valence-corrected chi connectivity index (χ2v) is 7.36. The summed E-state index contributed by atoms with van der Waals surface area (Å²) in [5, 5.41) is 3.00. The molecule has 154 valence electrons. The van der Waals surface area contributed by atoms with E-state index < -0.39 is 0 Å². The summed E-state index contributed by atoms with van der Waals surface area (Å²) >= 11 is 0. The fourth-order valence-electron chi connectivity index (χ4n) is 3.06. The third-order valence-electron chi connectivity index (χ3n) is 4.71. The average Bonchev–Trinajstić information content (AvgIpc) is 2.61. The molecular formula is C21H44N4O. The number of carbonyl (C=O) groups is 1. The molecule has 0 aliphatic heterocycles. The first-order valence-corrected chi connectivity index (χ1v) is 11.0. The zero-order chi connectivity index (χ0) is 19.3. The van der Waals surface area contributed by atoms with Crippen LogP contribution in [0.4, 0.5) is 0 Å². The summed E-state index contributed by atoms with van der Waals surface area (Å²) < 4.78 is 0. The highest BCUT2D eigenvalue weighted by molar-refractivity contribution is 5.76. The molecule has 0 aliphatic carbocycles. The number of carbonyl (C=O) groups excluding carboxylic acids is 1. The van der Waals surface area contributed by atoms with Gasteiger partial charge in [-0.3, -0.25) is 9.79 Å². The normalized spacial score (nSPS) is 10.7. The van der Waals surface area contributed by atoms with E-state index in [0.29, 0.717) is 13.0 Å². The monoisotopic (exact) mass is 368 g/mol. The molecule has 0 heterocycles. The summed E-state index contributed by atoms with van der Waals surface area (Å²) in [5.74, 6) is 0.269. The summed E-state index contributed by atoms with van der Waals surface area (Å²) in [7, 11) is 0. The standard InChI is InChI=1S/C21H44N4O/c1-2-3-4-5-6-7-8-9-10-11-12-13-15-18-24-20(26)17-14-16-19-25-21(22)23/h2-19H2,1H3,(H,24,26)(H4,22,23,25). The van der Waals surface area contributed by atoms with E-state index in [4.69, 9.17) is 11.5 Å². The maximum absolute atomic E-state index is 11.7. The Balaban J connectivity index is 3.16. The minimum atomic E-state index is 0.122. The maximum Gasteiger partial charge on any atom is 0.219 e. The van der Waals surface area contributed by atoms with Crippen LogP contribution in [0.1, 0.15) is 110 Å². The smallest absolute Gasteiger partial charge is 0.219 e. The quantitative estimate of drug-likeness (QED) is 0.176. The van der Waals surface area contributed by atoms with Crippen LogP contribution in [0.15, 0.2) is 4.99 Å². The Morgan fingerprint density at radius 1 is 0.731 bits per heavy atom. The summed E-state index contributed by atoms with van der Waals surface area (Å²) in [6.07, 6.45) is 19.8. The van der Waals surface area contributed by atoms with E-state index in [1.165, 1.54) is 77.0 Å². The first-order valence-electron chi connectivity index (χ1n) is 11.0. The SMILES string of the molecule is CCCCCCCCCCCCCCCNC(=O)CCCCN=C(N)N. The van der Waals surface area contributed by atoms with E-state index >= 15 is 0 Å². The predicted molar refractivity (Wildman–Crippen MR) is 113 cm³/mol. The van der Waals surface area contributed by atoms with Gasteiger partial charge in [0.05, 0.1) is 0 Å². The third-order valence-corrected chi connectivity index (χ3v) is 4.71. The van der Waals surface area contributed by atoms with Crippen LogP contribution in [0, 0.1) is 0 Å². The molecule has 0 saturated carbocycles. The van der Waals surface area contributed by atoms with Crippen LogP contribution in [0.5, 0.6) is 0 Å². The lowest BCUT2D eigenvalue weighted by molar-refractivity contribution is -0.121. The second-order valence-electron chi connectivity index (χ2n) is 7.36. The number of nitrogens with two attached hydrogens (primary N) is 2. The number of guanidine groups is 1. The van der Waals surface area contributed by atoms with Gasteiger partial charge in [0, 0.05) is 19.5 Å². The number of unbranched alkanes of at least 4 members (excludes halogenated alkanes) is 13. The minimum Gasteiger partial charge on any atom is -0.370 e. The lowest BCUT2D eigenvalue weighted by Crippen LogP contribution is -2.24. The lowest BCUT2D eigenvalue weighted by Gasteiger charge is -2.05. The zero-order valence-corrected chi connectivity index (χ0v) is 17.2. The zero-order valence-electron chi connectivity index (χ0n) is 17.2. The molecule has 26 heavy (non-hydrogen) atoms. The molecule has 5 N–H and O–H groups in total. The van der Waals surface area contributed by atoms with Gasteiger partial charge < -0.3 is 16.8 Å². The molecule has 0 unspecified atom stereocenters. The molecule has 0 aromatic heterocycles. The molecule has 5 nitrogen and oxygen atoms in total. The Hall–Kier alpha value is -1.26. The molecule has 0 aromatic rings. The van der Waals surface area contributed by atoms with Gasteiger partial charge in [-0.2, -0.15) is 0 Å². The Bertz CT molecular complexity index is 341. The Morgan fingerprint density at radius 3 is 1.73 bits per heavy atom.